The van der Waals surface area contributed by atoms with E-state index in [1.807, 2.05) is 5.32 Å². The van der Waals surface area contributed by atoms with Crippen molar-refractivity contribution in [2.45, 2.75) is 44.7 Å². The number of halogens is 3. The number of aromatic nitrogens is 1. The predicted octanol–water partition coefficient (Wildman–Crippen LogP) is 2.11. The predicted molar refractivity (Wildman–Crippen MR) is 75.0 cm³/mol. The largest absolute Gasteiger partial charge is 0.480 e. The van der Waals surface area contributed by atoms with E-state index in [0.717, 1.165) is 12.3 Å². The number of aliphatic hydroxyl groups is 1. The number of ether oxygens (including phenoxy) is 1. The lowest BCUT2D eigenvalue weighted by molar-refractivity contribution is -0.145. The van der Waals surface area contributed by atoms with Crippen LogP contribution in [0.1, 0.15) is 38.1 Å². The van der Waals surface area contributed by atoms with Crippen LogP contribution in [-0.4, -0.2) is 38.9 Å². The van der Waals surface area contributed by atoms with Gasteiger partial charge in [0.25, 0.3) is 0 Å². The van der Waals surface area contributed by atoms with Crippen molar-refractivity contribution in [1.29, 1.82) is 0 Å². The van der Waals surface area contributed by atoms with Gasteiger partial charge in [0, 0.05) is 6.20 Å². The molecule has 24 heavy (non-hydrogen) atoms. The van der Waals surface area contributed by atoms with Crippen molar-refractivity contribution in [1.82, 2.24) is 10.3 Å². The number of aliphatic hydroxyl groups excluding tert-OH is 1. The highest BCUT2D eigenvalue weighted by molar-refractivity contribution is 5.80. The third-order valence-electron chi connectivity index (χ3n) is 2.68. The van der Waals surface area contributed by atoms with Gasteiger partial charge >= 0.3 is 18.2 Å². The second-order valence-electron chi connectivity index (χ2n) is 5.84. The zero-order valence-electron chi connectivity index (χ0n) is 13.1. The van der Waals surface area contributed by atoms with Crippen molar-refractivity contribution in [2.24, 2.45) is 0 Å². The maximum absolute atomic E-state index is 12.9. The standard InChI is InChI=1S/C14H17F3N2O5/c1-13(2,3)24-12(23)19-9(11(21)22)10(20)8-7(14(15,16)17)5-4-6-18-8/h4-6,9-10,20H,1-3H3,(H,19,23)(H,21,22)/t9-,10-/m0/s1. The lowest BCUT2D eigenvalue weighted by atomic mass is 10.0. The maximum atomic E-state index is 12.9. The SMILES string of the molecule is CC(C)(C)OC(=O)N[C@H](C(=O)O)[C@@H](O)c1ncccc1C(F)(F)F. The number of carboxylic acid groups (broad SMARTS) is 1. The molecule has 1 rings (SSSR count). The highest BCUT2D eigenvalue weighted by atomic mass is 19.4. The van der Waals surface area contributed by atoms with Crippen LogP contribution >= 0.6 is 0 Å². The molecule has 7 nitrogen and oxygen atoms in total. The Hall–Kier alpha value is -2.36. The molecular formula is C14H17F3N2O5. The Morgan fingerprint density at radius 1 is 1.29 bits per heavy atom. The van der Waals surface area contributed by atoms with Gasteiger partial charge in [-0.3, -0.25) is 4.98 Å². The van der Waals surface area contributed by atoms with Gasteiger partial charge in [0.1, 0.15) is 11.7 Å². The van der Waals surface area contributed by atoms with Gasteiger partial charge < -0.3 is 20.3 Å². The number of rotatable bonds is 4. The normalized spacial score (nSPS) is 14.6. The number of hydrogen-bond acceptors (Lipinski definition) is 5. The number of aliphatic carboxylic acids is 1. The quantitative estimate of drug-likeness (QED) is 0.767. The van der Waals surface area contributed by atoms with Crippen molar-refractivity contribution in [3.05, 3.63) is 29.6 Å². The summed E-state index contributed by atoms with van der Waals surface area (Å²) < 4.78 is 43.7. The Morgan fingerprint density at radius 3 is 2.33 bits per heavy atom. The number of hydrogen-bond donors (Lipinski definition) is 3. The molecule has 0 saturated carbocycles. The number of alkyl carbamates (subject to hydrolysis) is 1. The van der Waals surface area contributed by atoms with E-state index in [9.17, 15) is 27.9 Å². The van der Waals surface area contributed by atoms with E-state index >= 15 is 0 Å². The molecule has 10 heteroatoms. The average Bonchev–Trinajstić information content (AvgIpc) is 2.41. The second kappa shape index (κ2) is 7.04. The van der Waals surface area contributed by atoms with Gasteiger partial charge in [-0.1, -0.05) is 0 Å². The minimum Gasteiger partial charge on any atom is -0.480 e. The van der Waals surface area contributed by atoms with Gasteiger partial charge in [0.2, 0.25) is 0 Å². The van der Waals surface area contributed by atoms with Gasteiger partial charge in [-0.2, -0.15) is 13.2 Å². The van der Waals surface area contributed by atoms with E-state index in [0.29, 0.717) is 6.07 Å². The first-order chi connectivity index (χ1) is 10.8. The summed E-state index contributed by atoms with van der Waals surface area (Å²) in [4.78, 5) is 26.3. The Balaban J connectivity index is 3.11. The molecule has 1 heterocycles. The van der Waals surface area contributed by atoms with Gasteiger partial charge in [0.15, 0.2) is 6.04 Å². The van der Waals surface area contributed by atoms with Crippen LogP contribution in [0.4, 0.5) is 18.0 Å². The first kappa shape index (κ1) is 19.7. The van der Waals surface area contributed by atoms with Gasteiger partial charge in [0.05, 0.1) is 11.3 Å². The fourth-order valence-corrected chi connectivity index (χ4v) is 1.76. The Bertz CT molecular complexity index is 613. The summed E-state index contributed by atoms with van der Waals surface area (Å²) in [5.41, 5.74) is -3.16. The van der Waals surface area contributed by atoms with Gasteiger partial charge in [-0.15, -0.1) is 0 Å². The molecule has 1 aromatic heterocycles. The van der Waals surface area contributed by atoms with Crippen molar-refractivity contribution in [3.8, 4) is 0 Å². The average molecular weight is 350 g/mol. The number of carbonyl (C=O) groups is 2. The van der Waals surface area contributed by atoms with E-state index in [4.69, 9.17) is 9.84 Å². The van der Waals surface area contributed by atoms with Crippen LogP contribution in [0.2, 0.25) is 0 Å². The topological polar surface area (TPSA) is 109 Å². The number of carboxylic acids is 1. The molecule has 0 aliphatic carbocycles. The molecule has 3 N–H and O–H groups in total. The molecule has 134 valence electrons. The molecule has 0 saturated heterocycles. The summed E-state index contributed by atoms with van der Waals surface area (Å²) in [7, 11) is 0. The molecule has 0 bridgehead atoms. The van der Waals surface area contributed by atoms with Crippen LogP contribution in [0.25, 0.3) is 0 Å². The van der Waals surface area contributed by atoms with Crippen molar-refractivity contribution in [2.75, 3.05) is 0 Å². The number of alkyl halides is 3. The second-order valence-corrected chi connectivity index (χ2v) is 5.84. The summed E-state index contributed by atoms with van der Waals surface area (Å²) in [6.45, 7) is 4.54. The van der Waals surface area contributed by atoms with Crippen LogP contribution in [0.5, 0.6) is 0 Å². The van der Waals surface area contributed by atoms with Crippen LogP contribution in [0.3, 0.4) is 0 Å². The number of nitrogens with zero attached hydrogens (tertiary/aromatic N) is 1. The Kier molecular flexibility index (Phi) is 5.77. The zero-order valence-corrected chi connectivity index (χ0v) is 13.1. The molecule has 0 unspecified atom stereocenters. The fraction of sp³-hybridized carbons (Fsp3) is 0.500. The molecular weight excluding hydrogens is 333 g/mol. The molecule has 0 fully saturated rings. The van der Waals surface area contributed by atoms with Crippen molar-refractivity contribution in [3.63, 3.8) is 0 Å². The summed E-state index contributed by atoms with van der Waals surface area (Å²) in [5.74, 6) is -1.74. The van der Waals surface area contributed by atoms with E-state index in [1.54, 1.807) is 0 Å². The lowest BCUT2D eigenvalue weighted by Crippen LogP contribution is -2.47. The lowest BCUT2D eigenvalue weighted by Gasteiger charge is -2.25. The molecule has 0 aliphatic rings. The number of carbonyl (C=O) groups excluding carboxylic acids is 1. The molecule has 0 spiro atoms. The minimum atomic E-state index is -4.85. The first-order valence-electron chi connectivity index (χ1n) is 6.75. The Labute approximate surface area is 135 Å². The number of pyridine rings is 1. The highest BCUT2D eigenvalue weighted by Crippen LogP contribution is 2.34. The molecule has 2 atom stereocenters. The maximum Gasteiger partial charge on any atom is 0.418 e. The third kappa shape index (κ3) is 5.37. The zero-order chi connectivity index (χ0) is 18.7. The van der Waals surface area contributed by atoms with Crippen LogP contribution in [0, 0.1) is 0 Å². The summed E-state index contributed by atoms with van der Waals surface area (Å²) in [6, 6.07) is -0.426. The number of amides is 1. The van der Waals surface area contributed by atoms with E-state index in [2.05, 4.69) is 4.98 Å². The van der Waals surface area contributed by atoms with Gasteiger partial charge in [-0.25, -0.2) is 9.59 Å². The molecule has 1 aromatic rings. The van der Waals surface area contributed by atoms with E-state index in [1.165, 1.54) is 20.8 Å². The van der Waals surface area contributed by atoms with Crippen molar-refractivity contribution >= 4 is 12.1 Å². The highest BCUT2D eigenvalue weighted by Gasteiger charge is 2.40. The fourth-order valence-electron chi connectivity index (χ4n) is 1.76. The number of nitrogens with one attached hydrogen (secondary N) is 1. The summed E-state index contributed by atoms with van der Waals surface area (Å²) in [6.07, 6.45) is -7.30. The van der Waals surface area contributed by atoms with Gasteiger partial charge in [-0.05, 0) is 32.9 Å². The van der Waals surface area contributed by atoms with E-state index in [-0.39, 0.29) is 0 Å². The third-order valence-corrected chi connectivity index (χ3v) is 2.68. The molecule has 0 radical (unpaired) electrons. The van der Waals surface area contributed by atoms with Crippen molar-refractivity contribution < 1.29 is 37.7 Å². The minimum absolute atomic E-state index is 0.651. The van der Waals surface area contributed by atoms with Crippen LogP contribution in [-0.2, 0) is 15.7 Å². The van der Waals surface area contributed by atoms with Crippen LogP contribution < -0.4 is 5.32 Å². The molecule has 0 aromatic carbocycles. The summed E-state index contributed by atoms with van der Waals surface area (Å²) >= 11 is 0. The molecule has 0 aliphatic heterocycles. The smallest absolute Gasteiger partial charge is 0.418 e. The Morgan fingerprint density at radius 2 is 1.88 bits per heavy atom. The monoisotopic (exact) mass is 350 g/mol. The summed E-state index contributed by atoms with van der Waals surface area (Å²) in [5, 5.41) is 21.0. The first-order valence-corrected chi connectivity index (χ1v) is 6.75. The molecule has 1 amide bonds. The van der Waals surface area contributed by atoms with Crippen LogP contribution in [0.15, 0.2) is 18.3 Å². The van der Waals surface area contributed by atoms with E-state index < -0.39 is 47.2 Å².